The fraction of sp³-hybridized carbons (Fsp3) is 0.258. The van der Waals surface area contributed by atoms with Gasteiger partial charge in [0.1, 0.15) is 6.04 Å². The van der Waals surface area contributed by atoms with Crippen LogP contribution in [0.3, 0.4) is 0 Å². The Morgan fingerprint density at radius 1 is 1.04 bits per heavy atom. The van der Waals surface area contributed by atoms with Gasteiger partial charge in [0.15, 0.2) is 11.5 Å². The lowest BCUT2D eigenvalue weighted by molar-refractivity contribution is -0.190. The standard InChI is InChI=1S/C31H32BF3N4O6/c1-4-43-27-16-22(9-11-26(27)44-19(2)3)28(39(36)25-10-8-23-18-37-13-12-21(23)15-25)29(40)38-17-20-6-5-7-24(14-20)32(42)45-30(41)31(33,34)35/h5-16,18-19,28,42H,4,17,36H2,1-3H3,(H,38,40). The van der Waals surface area contributed by atoms with Crippen LogP contribution in [0.1, 0.15) is 37.9 Å². The SMILES string of the molecule is CCOc1cc(C(C(=O)NCc2cccc(B(O)OC(=O)C(F)(F)F)c2)N(N)c2ccc3cnccc3c2)ccc1OC(C)C. The number of rotatable bonds is 12. The van der Waals surface area contributed by atoms with E-state index in [4.69, 9.17) is 15.3 Å². The molecule has 1 heterocycles. The number of nitrogens with one attached hydrogen (secondary N) is 1. The van der Waals surface area contributed by atoms with Crippen molar-refractivity contribution in [3.05, 3.63) is 90.3 Å². The van der Waals surface area contributed by atoms with Crippen molar-refractivity contribution >= 4 is 40.9 Å². The third-order valence-electron chi connectivity index (χ3n) is 6.55. The second kappa shape index (κ2) is 14.3. The number of ether oxygens (including phenoxy) is 2. The molecule has 1 aromatic heterocycles. The van der Waals surface area contributed by atoms with Gasteiger partial charge in [0, 0.05) is 24.3 Å². The Morgan fingerprint density at radius 3 is 2.53 bits per heavy atom. The van der Waals surface area contributed by atoms with E-state index in [9.17, 15) is 27.8 Å². The summed E-state index contributed by atoms with van der Waals surface area (Å²) in [5, 5.41) is 15.9. The molecule has 4 rings (SSSR count). The minimum atomic E-state index is -5.27. The smallest absolute Gasteiger partial charge is 0.499 e. The highest BCUT2D eigenvalue weighted by Gasteiger charge is 2.43. The van der Waals surface area contributed by atoms with Gasteiger partial charge in [-0.1, -0.05) is 36.4 Å². The summed E-state index contributed by atoms with van der Waals surface area (Å²) in [4.78, 5) is 29.1. The number of halogens is 3. The van der Waals surface area contributed by atoms with Gasteiger partial charge in [-0.25, -0.2) is 10.6 Å². The number of amides is 1. The van der Waals surface area contributed by atoms with Gasteiger partial charge >= 0.3 is 19.3 Å². The minimum Gasteiger partial charge on any atom is -0.499 e. The van der Waals surface area contributed by atoms with Gasteiger partial charge < -0.3 is 24.5 Å². The molecule has 0 spiro atoms. The lowest BCUT2D eigenvalue weighted by atomic mass is 9.79. The summed E-state index contributed by atoms with van der Waals surface area (Å²) in [6.45, 7) is 5.84. The lowest BCUT2D eigenvalue weighted by Gasteiger charge is -2.29. The van der Waals surface area contributed by atoms with Gasteiger partial charge in [0.2, 0.25) is 5.91 Å². The molecule has 45 heavy (non-hydrogen) atoms. The zero-order valence-corrected chi connectivity index (χ0v) is 24.7. The molecule has 0 saturated carbocycles. The van der Waals surface area contributed by atoms with E-state index < -0.39 is 31.2 Å². The molecule has 1 amide bonds. The normalized spacial score (nSPS) is 12.0. The topological polar surface area (TPSA) is 136 Å². The number of aromatic nitrogens is 1. The summed E-state index contributed by atoms with van der Waals surface area (Å²) >= 11 is 0. The maximum atomic E-state index is 13.8. The second-order valence-corrected chi connectivity index (χ2v) is 10.2. The molecular formula is C31H32BF3N4O6. The number of benzene rings is 3. The molecule has 0 aliphatic rings. The van der Waals surface area contributed by atoms with Crippen LogP contribution in [0.2, 0.25) is 0 Å². The summed E-state index contributed by atoms with van der Waals surface area (Å²) < 4.78 is 53.5. The Labute approximate surface area is 258 Å². The highest BCUT2D eigenvalue weighted by Crippen LogP contribution is 2.34. The number of hydrazine groups is 1. The summed E-state index contributed by atoms with van der Waals surface area (Å²) in [5.74, 6) is 4.52. The first-order valence-electron chi connectivity index (χ1n) is 14.0. The van der Waals surface area contributed by atoms with E-state index in [0.29, 0.717) is 34.9 Å². The van der Waals surface area contributed by atoms with E-state index in [0.717, 1.165) is 10.8 Å². The van der Waals surface area contributed by atoms with Crippen LogP contribution in [-0.4, -0.2) is 47.9 Å². The quantitative estimate of drug-likeness (QED) is 0.122. The number of anilines is 1. The third-order valence-corrected chi connectivity index (χ3v) is 6.55. The molecule has 1 atom stereocenters. The van der Waals surface area contributed by atoms with E-state index in [-0.39, 0.29) is 18.1 Å². The van der Waals surface area contributed by atoms with Crippen molar-refractivity contribution < 1.29 is 41.9 Å². The third kappa shape index (κ3) is 8.43. The predicted molar refractivity (Wildman–Crippen MR) is 163 cm³/mol. The van der Waals surface area contributed by atoms with Crippen molar-refractivity contribution in [3.8, 4) is 11.5 Å². The van der Waals surface area contributed by atoms with Crippen molar-refractivity contribution in [2.75, 3.05) is 11.6 Å². The number of alkyl halides is 3. The molecule has 14 heteroatoms. The highest BCUT2D eigenvalue weighted by atomic mass is 19.4. The molecule has 4 N–H and O–H groups in total. The first kappa shape index (κ1) is 33.1. The molecule has 4 aromatic rings. The molecule has 10 nitrogen and oxygen atoms in total. The van der Waals surface area contributed by atoms with Crippen molar-refractivity contribution in [1.29, 1.82) is 0 Å². The average molecular weight is 624 g/mol. The van der Waals surface area contributed by atoms with E-state index >= 15 is 0 Å². The molecule has 0 saturated heterocycles. The van der Waals surface area contributed by atoms with Crippen LogP contribution < -0.4 is 31.1 Å². The molecular weight excluding hydrogens is 592 g/mol. The highest BCUT2D eigenvalue weighted by molar-refractivity contribution is 6.61. The van der Waals surface area contributed by atoms with Crippen molar-refractivity contribution in [2.45, 2.75) is 45.6 Å². The van der Waals surface area contributed by atoms with Gasteiger partial charge in [-0.15, -0.1) is 0 Å². The Hall–Kier alpha value is -4.82. The Kier molecular flexibility index (Phi) is 10.5. The van der Waals surface area contributed by atoms with Gasteiger partial charge in [0.05, 0.1) is 18.4 Å². The monoisotopic (exact) mass is 624 g/mol. The first-order chi connectivity index (χ1) is 21.4. The minimum absolute atomic E-state index is 0.0901. The summed E-state index contributed by atoms with van der Waals surface area (Å²) in [5.41, 5.74) is 1.34. The first-order valence-corrected chi connectivity index (χ1v) is 14.0. The van der Waals surface area contributed by atoms with Gasteiger partial charge in [-0.3, -0.25) is 14.8 Å². The van der Waals surface area contributed by atoms with E-state index in [1.165, 1.54) is 23.2 Å². The predicted octanol–water partition coefficient (Wildman–Crippen LogP) is 3.95. The van der Waals surface area contributed by atoms with Gasteiger partial charge in [-0.05, 0) is 73.1 Å². The number of nitrogens with zero attached hydrogens (tertiary/aromatic N) is 2. The number of carbonyl (C=O) groups is 2. The molecule has 0 fully saturated rings. The Morgan fingerprint density at radius 2 is 1.82 bits per heavy atom. The Bertz CT molecular complexity index is 1660. The molecule has 0 radical (unpaired) electrons. The molecule has 3 aromatic carbocycles. The number of carbonyl (C=O) groups excluding carboxylic acids is 2. The number of hydrogen-bond donors (Lipinski definition) is 3. The van der Waals surface area contributed by atoms with E-state index in [1.807, 2.05) is 39.0 Å². The summed E-state index contributed by atoms with van der Waals surface area (Å²) in [6.07, 6.45) is -2.04. The second-order valence-electron chi connectivity index (χ2n) is 10.2. The van der Waals surface area contributed by atoms with Crippen LogP contribution in [0.15, 0.2) is 79.1 Å². The van der Waals surface area contributed by atoms with E-state index in [2.05, 4.69) is 15.0 Å². The molecule has 0 aliphatic heterocycles. The summed E-state index contributed by atoms with van der Waals surface area (Å²) in [6, 6.07) is 16.9. The molecule has 0 bridgehead atoms. The lowest BCUT2D eigenvalue weighted by Crippen LogP contribution is -2.44. The van der Waals surface area contributed by atoms with Crippen LogP contribution in [-0.2, 0) is 20.8 Å². The largest absolute Gasteiger partial charge is 0.562 e. The zero-order valence-electron chi connectivity index (χ0n) is 24.7. The zero-order chi connectivity index (χ0) is 32.7. The number of pyridine rings is 1. The maximum Gasteiger partial charge on any atom is 0.562 e. The van der Waals surface area contributed by atoms with Crippen LogP contribution in [0.4, 0.5) is 18.9 Å². The van der Waals surface area contributed by atoms with Crippen LogP contribution in [0.5, 0.6) is 11.5 Å². The molecule has 236 valence electrons. The fourth-order valence-corrected chi connectivity index (χ4v) is 4.51. The van der Waals surface area contributed by atoms with Crippen LogP contribution in [0, 0.1) is 0 Å². The Balaban J connectivity index is 1.63. The maximum absolute atomic E-state index is 13.8. The summed E-state index contributed by atoms with van der Waals surface area (Å²) in [7, 11) is -2.16. The van der Waals surface area contributed by atoms with E-state index in [1.54, 1.807) is 42.7 Å². The fourth-order valence-electron chi connectivity index (χ4n) is 4.51. The molecule has 0 aliphatic carbocycles. The van der Waals surface area contributed by atoms with Crippen molar-refractivity contribution in [2.24, 2.45) is 5.84 Å². The average Bonchev–Trinajstić information content (AvgIpc) is 3.00. The van der Waals surface area contributed by atoms with Crippen molar-refractivity contribution in [3.63, 3.8) is 0 Å². The van der Waals surface area contributed by atoms with Gasteiger partial charge in [0.25, 0.3) is 0 Å². The number of fused-ring (bicyclic) bond motifs is 1. The number of hydrogen-bond acceptors (Lipinski definition) is 9. The van der Waals surface area contributed by atoms with Crippen LogP contribution >= 0.6 is 0 Å². The molecule has 1 unspecified atom stereocenters. The number of nitrogens with two attached hydrogens (primary N) is 1. The van der Waals surface area contributed by atoms with Gasteiger partial charge in [-0.2, -0.15) is 13.2 Å². The van der Waals surface area contributed by atoms with Crippen molar-refractivity contribution in [1.82, 2.24) is 10.3 Å². The van der Waals surface area contributed by atoms with Crippen LogP contribution in [0.25, 0.3) is 10.8 Å².